The highest BCUT2D eigenvalue weighted by Gasteiger charge is 2.20. The van der Waals surface area contributed by atoms with Crippen LogP contribution in [0.1, 0.15) is 21.5 Å². The highest BCUT2D eigenvalue weighted by Crippen LogP contribution is 2.30. The van der Waals surface area contributed by atoms with Gasteiger partial charge in [0, 0.05) is 11.4 Å². The third-order valence-electron chi connectivity index (χ3n) is 3.03. The molecule has 0 saturated heterocycles. The maximum absolute atomic E-state index is 12.6. The molecule has 0 radical (unpaired) electrons. The van der Waals surface area contributed by atoms with Gasteiger partial charge in [-0.05, 0) is 38.1 Å². The molecule has 3 aromatic rings. The van der Waals surface area contributed by atoms with Gasteiger partial charge in [0.05, 0.1) is 15.1 Å². The number of fused-ring (bicyclic) bond motifs is 1. The first kappa shape index (κ1) is 13.3. The van der Waals surface area contributed by atoms with Gasteiger partial charge in [-0.15, -0.1) is 11.3 Å². The third kappa shape index (κ3) is 2.34. The Balaban J connectivity index is 1.98. The number of anilines is 1. The molecule has 0 aliphatic rings. The van der Waals surface area contributed by atoms with Crippen LogP contribution in [-0.2, 0) is 0 Å². The standard InChI is InChI=1S/C15H14N2OS2/c1-3-17(14(18)13-9-8-10(2)19-13)15-16-11-6-4-5-7-12(11)20-15/h4-9H,3H2,1-2H3. The Morgan fingerprint density at radius 2 is 2.00 bits per heavy atom. The van der Waals surface area contributed by atoms with Gasteiger partial charge in [-0.1, -0.05) is 23.5 Å². The molecule has 0 bridgehead atoms. The molecule has 2 aromatic heterocycles. The van der Waals surface area contributed by atoms with Crippen LogP contribution in [0.3, 0.4) is 0 Å². The third-order valence-corrected chi connectivity index (χ3v) is 5.07. The maximum Gasteiger partial charge on any atom is 0.270 e. The molecule has 0 N–H and O–H groups in total. The Labute approximate surface area is 125 Å². The van der Waals surface area contributed by atoms with E-state index in [1.807, 2.05) is 50.2 Å². The molecule has 0 aliphatic carbocycles. The number of carbonyl (C=O) groups excluding carboxylic acids is 1. The summed E-state index contributed by atoms with van der Waals surface area (Å²) in [5, 5.41) is 0.768. The number of benzene rings is 1. The zero-order chi connectivity index (χ0) is 14.1. The molecule has 20 heavy (non-hydrogen) atoms. The maximum atomic E-state index is 12.6. The minimum atomic E-state index is 0.0321. The van der Waals surface area contributed by atoms with Crippen LogP contribution in [0, 0.1) is 6.92 Å². The van der Waals surface area contributed by atoms with Crippen LogP contribution in [-0.4, -0.2) is 17.4 Å². The Morgan fingerprint density at radius 3 is 2.65 bits per heavy atom. The normalized spacial score (nSPS) is 10.9. The number of hydrogen-bond acceptors (Lipinski definition) is 4. The first-order valence-electron chi connectivity index (χ1n) is 6.43. The summed E-state index contributed by atoms with van der Waals surface area (Å²) in [6.07, 6.45) is 0. The van der Waals surface area contributed by atoms with Gasteiger partial charge in [0.15, 0.2) is 5.13 Å². The average molecular weight is 302 g/mol. The van der Waals surface area contributed by atoms with E-state index in [2.05, 4.69) is 4.98 Å². The van der Waals surface area contributed by atoms with Crippen LogP contribution >= 0.6 is 22.7 Å². The van der Waals surface area contributed by atoms with Crippen molar-refractivity contribution in [3.8, 4) is 0 Å². The van der Waals surface area contributed by atoms with E-state index < -0.39 is 0 Å². The summed E-state index contributed by atoms with van der Waals surface area (Å²) in [4.78, 5) is 20.8. The number of hydrogen-bond donors (Lipinski definition) is 0. The molecule has 3 nitrogen and oxygen atoms in total. The molecule has 0 saturated carbocycles. The van der Waals surface area contributed by atoms with Crippen molar-refractivity contribution in [1.82, 2.24) is 4.98 Å². The van der Waals surface area contributed by atoms with Crippen LogP contribution in [0.15, 0.2) is 36.4 Å². The van der Waals surface area contributed by atoms with Crippen LogP contribution in [0.4, 0.5) is 5.13 Å². The summed E-state index contributed by atoms with van der Waals surface area (Å²) in [5.74, 6) is 0.0321. The van der Waals surface area contributed by atoms with E-state index in [1.54, 1.807) is 16.2 Å². The van der Waals surface area contributed by atoms with Crippen molar-refractivity contribution in [1.29, 1.82) is 0 Å². The second-order valence-electron chi connectivity index (χ2n) is 4.42. The van der Waals surface area contributed by atoms with Gasteiger partial charge in [-0.25, -0.2) is 4.98 Å². The molecule has 0 unspecified atom stereocenters. The van der Waals surface area contributed by atoms with Gasteiger partial charge in [0.1, 0.15) is 0 Å². The number of rotatable bonds is 3. The zero-order valence-corrected chi connectivity index (χ0v) is 12.9. The largest absolute Gasteiger partial charge is 0.284 e. The number of carbonyl (C=O) groups is 1. The van der Waals surface area contributed by atoms with Gasteiger partial charge in [-0.2, -0.15) is 0 Å². The molecular weight excluding hydrogens is 288 g/mol. The second kappa shape index (κ2) is 5.34. The fourth-order valence-corrected chi connectivity index (χ4v) is 3.87. The summed E-state index contributed by atoms with van der Waals surface area (Å²) in [7, 11) is 0. The Kier molecular flexibility index (Phi) is 3.54. The van der Waals surface area contributed by atoms with E-state index in [9.17, 15) is 4.79 Å². The highest BCUT2D eigenvalue weighted by molar-refractivity contribution is 7.22. The molecular formula is C15H14N2OS2. The topological polar surface area (TPSA) is 33.2 Å². The smallest absolute Gasteiger partial charge is 0.270 e. The van der Waals surface area contributed by atoms with Gasteiger partial charge >= 0.3 is 0 Å². The van der Waals surface area contributed by atoms with Gasteiger partial charge < -0.3 is 0 Å². The molecule has 102 valence electrons. The highest BCUT2D eigenvalue weighted by atomic mass is 32.1. The number of thiazole rings is 1. The van der Waals surface area contributed by atoms with Crippen molar-refractivity contribution < 1.29 is 4.79 Å². The number of amides is 1. The Hall–Kier alpha value is -1.72. The summed E-state index contributed by atoms with van der Waals surface area (Å²) < 4.78 is 1.11. The van der Waals surface area contributed by atoms with Crippen LogP contribution < -0.4 is 4.90 Å². The Morgan fingerprint density at radius 1 is 1.20 bits per heavy atom. The molecule has 1 aromatic carbocycles. The minimum absolute atomic E-state index is 0.0321. The molecule has 2 heterocycles. The quantitative estimate of drug-likeness (QED) is 0.721. The van der Waals surface area contributed by atoms with Crippen molar-refractivity contribution in [2.45, 2.75) is 13.8 Å². The number of nitrogens with zero attached hydrogens (tertiary/aromatic N) is 2. The lowest BCUT2D eigenvalue weighted by molar-refractivity contribution is 0.0992. The first-order valence-corrected chi connectivity index (χ1v) is 8.06. The average Bonchev–Trinajstić information content (AvgIpc) is 3.05. The summed E-state index contributed by atoms with van der Waals surface area (Å²) >= 11 is 3.09. The molecule has 1 amide bonds. The van der Waals surface area contributed by atoms with Crippen LogP contribution in [0.2, 0.25) is 0 Å². The van der Waals surface area contributed by atoms with E-state index in [1.165, 1.54) is 11.3 Å². The second-order valence-corrected chi connectivity index (χ2v) is 6.72. The molecule has 0 atom stereocenters. The predicted molar refractivity (Wildman–Crippen MR) is 86.0 cm³/mol. The predicted octanol–water partition coefficient (Wildman–Crippen LogP) is 4.33. The lowest BCUT2D eigenvalue weighted by atomic mass is 10.3. The van der Waals surface area contributed by atoms with Crippen molar-refractivity contribution in [3.05, 3.63) is 46.2 Å². The van der Waals surface area contributed by atoms with Gasteiger partial charge in [0.2, 0.25) is 0 Å². The number of thiophene rings is 1. The molecule has 5 heteroatoms. The van der Waals surface area contributed by atoms with Crippen LogP contribution in [0.25, 0.3) is 10.2 Å². The lowest BCUT2D eigenvalue weighted by Gasteiger charge is -2.16. The van der Waals surface area contributed by atoms with Crippen LogP contribution in [0.5, 0.6) is 0 Å². The van der Waals surface area contributed by atoms with E-state index >= 15 is 0 Å². The minimum Gasteiger partial charge on any atom is -0.284 e. The number of aryl methyl sites for hydroxylation is 1. The number of para-hydroxylation sites is 1. The van der Waals surface area contributed by atoms with Gasteiger partial charge in [-0.3, -0.25) is 9.69 Å². The fourth-order valence-electron chi connectivity index (χ4n) is 2.02. The van der Waals surface area contributed by atoms with Crippen molar-refractivity contribution in [2.75, 3.05) is 11.4 Å². The lowest BCUT2D eigenvalue weighted by Crippen LogP contribution is -2.29. The summed E-state index contributed by atoms with van der Waals surface area (Å²) in [6, 6.07) is 11.8. The van der Waals surface area contributed by atoms with Crippen molar-refractivity contribution in [2.24, 2.45) is 0 Å². The molecule has 3 rings (SSSR count). The molecule has 0 aliphatic heterocycles. The first-order chi connectivity index (χ1) is 9.69. The monoisotopic (exact) mass is 302 g/mol. The van der Waals surface area contributed by atoms with Crippen molar-refractivity contribution in [3.63, 3.8) is 0 Å². The number of aromatic nitrogens is 1. The van der Waals surface area contributed by atoms with E-state index in [4.69, 9.17) is 0 Å². The van der Waals surface area contributed by atoms with Crippen molar-refractivity contribution >= 4 is 43.9 Å². The summed E-state index contributed by atoms with van der Waals surface area (Å²) in [6.45, 7) is 4.61. The zero-order valence-electron chi connectivity index (χ0n) is 11.3. The van der Waals surface area contributed by atoms with E-state index in [-0.39, 0.29) is 5.91 Å². The summed E-state index contributed by atoms with van der Waals surface area (Å²) in [5.41, 5.74) is 0.945. The fraction of sp³-hybridized carbons (Fsp3) is 0.200. The molecule has 0 fully saturated rings. The van der Waals surface area contributed by atoms with E-state index in [0.29, 0.717) is 6.54 Å². The Bertz CT molecular complexity index is 727. The van der Waals surface area contributed by atoms with Gasteiger partial charge in [0.25, 0.3) is 5.91 Å². The SMILES string of the molecule is CCN(C(=O)c1ccc(C)s1)c1nc2ccccc2s1. The molecule has 0 spiro atoms. The van der Waals surface area contributed by atoms with E-state index in [0.717, 1.165) is 25.1 Å².